The molecule has 0 aromatic rings. The molecule has 0 spiro atoms. The third-order valence-corrected chi connectivity index (χ3v) is 1.31. The second-order valence-corrected chi connectivity index (χ2v) is 1.91. The lowest BCUT2D eigenvalue weighted by Gasteiger charge is -2.21. The minimum Gasteiger partial charge on any atom is -0.312 e. The van der Waals surface area contributed by atoms with Gasteiger partial charge in [0.25, 0.3) is 0 Å². The van der Waals surface area contributed by atoms with Crippen molar-refractivity contribution in [1.82, 2.24) is 16.0 Å². The fraction of sp³-hybridized carbons (Fsp3) is 1.00. The molecule has 0 saturated carbocycles. The molecule has 0 aromatic heterocycles. The van der Waals surface area contributed by atoms with E-state index < -0.39 is 0 Å². The molecule has 1 fully saturated rings. The Kier molecular flexibility index (Phi) is 2.27. The van der Waals surface area contributed by atoms with Crippen LogP contribution in [0.5, 0.6) is 0 Å². The van der Waals surface area contributed by atoms with Crippen molar-refractivity contribution in [3.05, 3.63) is 0 Å². The van der Waals surface area contributed by atoms with Crippen LogP contribution in [0.2, 0.25) is 0 Å². The van der Waals surface area contributed by atoms with E-state index in [1.165, 1.54) is 0 Å². The van der Waals surface area contributed by atoms with E-state index in [-0.39, 0.29) is 0 Å². The number of nitrogens with zero attached hydrogens (tertiary/aromatic N) is 1. The standard InChI is InChI=1S/C5H12N3/c1-6-5-4-7-2-3-8-5/h5-7H,2-4H2,1H3. The van der Waals surface area contributed by atoms with Gasteiger partial charge in [0.2, 0.25) is 0 Å². The Morgan fingerprint density at radius 2 is 2.62 bits per heavy atom. The van der Waals surface area contributed by atoms with Gasteiger partial charge in [-0.05, 0) is 7.05 Å². The summed E-state index contributed by atoms with van der Waals surface area (Å²) in [5.41, 5.74) is 0. The first kappa shape index (κ1) is 6.01. The predicted octanol–water partition coefficient (Wildman–Crippen LogP) is -1.26. The highest BCUT2D eigenvalue weighted by Crippen LogP contribution is 1.80. The van der Waals surface area contributed by atoms with Crippen LogP contribution in [0.1, 0.15) is 0 Å². The molecule has 1 radical (unpaired) electrons. The van der Waals surface area contributed by atoms with E-state index in [9.17, 15) is 0 Å². The van der Waals surface area contributed by atoms with Crippen molar-refractivity contribution in [3.63, 3.8) is 0 Å². The Hall–Kier alpha value is -0.120. The van der Waals surface area contributed by atoms with Crippen molar-refractivity contribution in [2.75, 3.05) is 26.7 Å². The first-order valence-corrected chi connectivity index (χ1v) is 2.98. The summed E-state index contributed by atoms with van der Waals surface area (Å²) >= 11 is 0. The van der Waals surface area contributed by atoms with Crippen LogP contribution in [0.25, 0.3) is 0 Å². The SMILES string of the molecule is CNC1CNCC[N]1. The topological polar surface area (TPSA) is 38.2 Å². The van der Waals surface area contributed by atoms with Crippen LogP contribution < -0.4 is 16.0 Å². The number of piperazine rings is 1. The van der Waals surface area contributed by atoms with E-state index in [4.69, 9.17) is 0 Å². The van der Waals surface area contributed by atoms with Gasteiger partial charge < -0.3 is 10.6 Å². The predicted molar refractivity (Wildman–Crippen MR) is 32.7 cm³/mol. The number of hydrogen-bond acceptors (Lipinski definition) is 2. The average Bonchev–Trinajstić information content (AvgIpc) is 1.90. The third-order valence-electron chi connectivity index (χ3n) is 1.31. The maximum atomic E-state index is 4.27. The van der Waals surface area contributed by atoms with Gasteiger partial charge in [0.1, 0.15) is 0 Å². The summed E-state index contributed by atoms with van der Waals surface area (Å²) in [7, 11) is 1.93. The molecule has 1 unspecified atom stereocenters. The van der Waals surface area contributed by atoms with E-state index in [1.54, 1.807) is 0 Å². The lowest BCUT2D eigenvalue weighted by Crippen LogP contribution is -2.50. The van der Waals surface area contributed by atoms with Gasteiger partial charge in [-0.3, -0.25) is 0 Å². The van der Waals surface area contributed by atoms with Gasteiger partial charge >= 0.3 is 0 Å². The van der Waals surface area contributed by atoms with Gasteiger partial charge in [-0.25, -0.2) is 5.32 Å². The Labute approximate surface area is 49.8 Å². The molecule has 0 aromatic carbocycles. The molecule has 1 rings (SSSR count). The molecule has 8 heavy (non-hydrogen) atoms. The molecular weight excluding hydrogens is 102 g/mol. The summed E-state index contributed by atoms with van der Waals surface area (Å²) in [6.07, 6.45) is 0.351. The van der Waals surface area contributed by atoms with Gasteiger partial charge in [0, 0.05) is 19.6 Å². The average molecular weight is 114 g/mol. The third kappa shape index (κ3) is 1.43. The number of hydrogen-bond donors (Lipinski definition) is 2. The summed E-state index contributed by atoms with van der Waals surface area (Å²) in [5, 5.41) is 10.6. The highest BCUT2D eigenvalue weighted by Gasteiger charge is 2.08. The van der Waals surface area contributed by atoms with E-state index >= 15 is 0 Å². The second-order valence-electron chi connectivity index (χ2n) is 1.91. The lowest BCUT2D eigenvalue weighted by atomic mass is 10.4. The maximum Gasteiger partial charge on any atom is 0.0860 e. The summed E-state index contributed by atoms with van der Waals surface area (Å²) in [4.78, 5) is 0. The first-order valence-electron chi connectivity index (χ1n) is 2.98. The zero-order chi connectivity index (χ0) is 5.82. The Morgan fingerprint density at radius 3 is 3.00 bits per heavy atom. The molecule has 3 heteroatoms. The van der Waals surface area contributed by atoms with Crippen molar-refractivity contribution in [2.45, 2.75) is 6.17 Å². The number of rotatable bonds is 1. The van der Waals surface area contributed by atoms with Crippen LogP contribution >= 0.6 is 0 Å². The first-order chi connectivity index (χ1) is 3.93. The van der Waals surface area contributed by atoms with E-state index in [0.717, 1.165) is 19.6 Å². The maximum absolute atomic E-state index is 4.27. The Balaban J connectivity index is 2.13. The molecule has 1 aliphatic rings. The van der Waals surface area contributed by atoms with Crippen molar-refractivity contribution in [3.8, 4) is 0 Å². The molecule has 0 amide bonds. The molecule has 1 atom stereocenters. The summed E-state index contributed by atoms with van der Waals surface area (Å²) in [6, 6.07) is 0. The van der Waals surface area contributed by atoms with Crippen molar-refractivity contribution < 1.29 is 0 Å². The van der Waals surface area contributed by atoms with Crippen molar-refractivity contribution in [1.29, 1.82) is 0 Å². The molecule has 0 aliphatic carbocycles. The van der Waals surface area contributed by atoms with E-state index in [2.05, 4.69) is 16.0 Å². The normalized spacial score (nSPS) is 30.4. The molecule has 47 valence electrons. The molecule has 0 bridgehead atoms. The zero-order valence-corrected chi connectivity index (χ0v) is 5.15. The van der Waals surface area contributed by atoms with Gasteiger partial charge in [-0.1, -0.05) is 0 Å². The molecule has 2 N–H and O–H groups in total. The quantitative estimate of drug-likeness (QED) is 0.446. The minimum absolute atomic E-state index is 0.351. The van der Waals surface area contributed by atoms with Crippen LogP contribution in [0.4, 0.5) is 0 Å². The van der Waals surface area contributed by atoms with Crippen LogP contribution in [0, 0.1) is 0 Å². The van der Waals surface area contributed by atoms with Crippen molar-refractivity contribution >= 4 is 0 Å². The fourth-order valence-corrected chi connectivity index (χ4v) is 0.796. The molecule has 3 nitrogen and oxygen atoms in total. The summed E-state index contributed by atoms with van der Waals surface area (Å²) in [6.45, 7) is 2.97. The summed E-state index contributed by atoms with van der Waals surface area (Å²) < 4.78 is 0. The smallest absolute Gasteiger partial charge is 0.0860 e. The van der Waals surface area contributed by atoms with Gasteiger partial charge in [-0.15, -0.1) is 0 Å². The van der Waals surface area contributed by atoms with Crippen LogP contribution in [0.15, 0.2) is 0 Å². The highest BCUT2D eigenvalue weighted by atomic mass is 15.2. The molecular formula is C5H12N3. The molecule has 1 saturated heterocycles. The van der Waals surface area contributed by atoms with Crippen LogP contribution in [0.3, 0.4) is 0 Å². The highest BCUT2D eigenvalue weighted by molar-refractivity contribution is 4.70. The number of nitrogens with one attached hydrogen (secondary N) is 2. The van der Waals surface area contributed by atoms with Crippen LogP contribution in [-0.2, 0) is 0 Å². The largest absolute Gasteiger partial charge is 0.312 e. The van der Waals surface area contributed by atoms with Crippen molar-refractivity contribution in [2.24, 2.45) is 0 Å². The minimum atomic E-state index is 0.351. The molecule has 1 heterocycles. The Morgan fingerprint density at radius 1 is 1.75 bits per heavy atom. The monoisotopic (exact) mass is 114 g/mol. The number of likely N-dealkylation sites (N-methyl/N-ethyl adjacent to an activating group) is 1. The summed E-state index contributed by atoms with van der Waals surface area (Å²) in [5.74, 6) is 0. The van der Waals surface area contributed by atoms with Gasteiger partial charge in [0.05, 0.1) is 6.17 Å². The van der Waals surface area contributed by atoms with E-state index in [0.29, 0.717) is 6.17 Å². The second kappa shape index (κ2) is 3.02. The fourth-order valence-electron chi connectivity index (χ4n) is 0.796. The zero-order valence-electron chi connectivity index (χ0n) is 5.15. The van der Waals surface area contributed by atoms with E-state index in [1.807, 2.05) is 7.05 Å². The lowest BCUT2D eigenvalue weighted by molar-refractivity contribution is 0.373. The Bertz CT molecular complexity index is 58.7. The van der Waals surface area contributed by atoms with Gasteiger partial charge in [0.15, 0.2) is 0 Å². The molecule has 1 aliphatic heterocycles. The van der Waals surface area contributed by atoms with Crippen LogP contribution in [-0.4, -0.2) is 32.8 Å². The van der Waals surface area contributed by atoms with Gasteiger partial charge in [-0.2, -0.15) is 0 Å².